The van der Waals surface area contributed by atoms with Crippen molar-refractivity contribution in [3.63, 3.8) is 0 Å². The Morgan fingerprint density at radius 1 is 1.50 bits per heavy atom. The zero-order valence-corrected chi connectivity index (χ0v) is 9.87. The molecule has 1 aromatic carbocycles. The maximum atomic E-state index is 10.8. The molecule has 1 fully saturated rings. The predicted octanol–water partition coefficient (Wildman–Crippen LogP) is 0.841. The molecule has 7 heteroatoms. The second-order valence-corrected chi connectivity index (χ2v) is 4.38. The molecular formula is C11H16N4O3. The van der Waals surface area contributed by atoms with E-state index in [4.69, 9.17) is 5.84 Å². The van der Waals surface area contributed by atoms with Gasteiger partial charge in [-0.3, -0.25) is 16.0 Å². The number of aliphatic hydroxyl groups is 1. The van der Waals surface area contributed by atoms with Crippen LogP contribution in [-0.4, -0.2) is 29.2 Å². The Kier molecular flexibility index (Phi) is 3.63. The zero-order valence-electron chi connectivity index (χ0n) is 9.87. The number of hydrogen-bond donors (Lipinski definition) is 3. The number of aliphatic hydroxyl groups excluding tert-OH is 1. The number of nitrogen functional groups attached to an aromatic ring is 1. The first-order valence-corrected chi connectivity index (χ1v) is 5.79. The van der Waals surface area contributed by atoms with E-state index < -0.39 is 4.92 Å². The third kappa shape index (κ3) is 2.69. The van der Waals surface area contributed by atoms with Crippen molar-refractivity contribution in [1.82, 2.24) is 0 Å². The molecule has 1 atom stereocenters. The number of nitrogens with zero attached hydrogens (tertiary/aromatic N) is 2. The summed E-state index contributed by atoms with van der Waals surface area (Å²) in [6.45, 7) is 1.27. The van der Waals surface area contributed by atoms with Crippen LogP contribution >= 0.6 is 0 Å². The van der Waals surface area contributed by atoms with E-state index in [1.807, 2.05) is 4.90 Å². The van der Waals surface area contributed by atoms with Crippen molar-refractivity contribution in [3.05, 3.63) is 28.3 Å². The minimum Gasteiger partial charge on any atom is -0.391 e. The Bertz CT molecular complexity index is 452. The second-order valence-electron chi connectivity index (χ2n) is 4.38. The molecule has 0 amide bonds. The largest absolute Gasteiger partial charge is 0.391 e. The highest BCUT2D eigenvalue weighted by molar-refractivity contribution is 5.64. The number of piperidine rings is 1. The fourth-order valence-corrected chi connectivity index (χ4v) is 2.16. The van der Waals surface area contributed by atoms with E-state index >= 15 is 0 Å². The second kappa shape index (κ2) is 5.19. The SMILES string of the molecule is NNc1cc(N2CCCC(O)C2)cc([N+](=O)[O-])c1. The van der Waals surface area contributed by atoms with Crippen LogP contribution < -0.4 is 16.2 Å². The first-order chi connectivity index (χ1) is 8.60. The fraction of sp³-hybridized carbons (Fsp3) is 0.455. The van der Waals surface area contributed by atoms with Gasteiger partial charge in [0.2, 0.25) is 0 Å². The maximum absolute atomic E-state index is 10.8. The molecule has 1 aliphatic rings. The molecule has 18 heavy (non-hydrogen) atoms. The van der Waals surface area contributed by atoms with E-state index in [1.165, 1.54) is 12.1 Å². The minimum absolute atomic E-state index is 0.0134. The van der Waals surface area contributed by atoms with E-state index in [0.29, 0.717) is 17.9 Å². The van der Waals surface area contributed by atoms with Gasteiger partial charge in [-0.05, 0) is 18.9 Å². The summed E-state index contributed by atoms with van der Waals surface area (Å²) in [5, 5.41) is 20.5. The fourth-order valence-electron chi connectivity index (χ4n) is 2.16. The molecule has 0 aromatic heterocycles. The lowest BCUT2D eigenvalue weighted by Gasteiger charge is -2.32. The average molecular weight is 252 g/mol. The number of non-ortho nitro benzene ring substituents is 1. The third-order valence-corrected chi connectivity index (χ3v) is 3.04. The molecule has 2 rings (SSSR count). The summed E-state index contributed by atoms with van der Waals surface area (Å²) in [4.78, 5) is 12.3. The van der Waals surface area contributed by atoms with Gasteiger partial charge >= 0.3 is 0 Å². The Hall–Kier alpha value is -1.86. The summed E-state index contributed by atoms with van der Waals surface area (Å²) in [5.41, 5.74) is 3.60. The molecule has 0 aliphatic carbocycles. The number of nitro benzene ring substituents is 1. The Labute approximate surface area is 104 Å². The quantitative estimate of drug-likeness (QED) is 0.418. The van der Waals surface area contributed by atoms with Gasteiger partial charge in [0.1, 0.15) is 0 Å². The molecule has 1 aromatic rings. The summed E-state index contributed by atoms with van der Waals surface area (Å²) < 4.78 is 0. The normalized spacial score (nSPS) is 19.7. The van der Waals surface area contributed by atoms with Crippen LogP contribution in [0, 0.1) is 10.1 Å². The smallest absolute Gasteiger partial charge is 0.273 e. The lowest BCUT2D eigenvalue weighted by molar-refractivity contribution is -0.384. The molecule has 4 N–H and O–H groups in total. The number of benzene rings is 1. The number of nitrogens with one attached hydrogen (secondary N) is 1. The van der Waals surface area contributed by atoms with Gasteiger partial charge in [0.05, 0.1) is 16.7 Å². The van der Waals surface area contributed by atoms with Crippen LogP contribution in [0.25, 0.3) is 0 Å². The van der Waals surface area contributed by atoms with Crippen molar-refractivity contribution < 1.29 is 10.0 Å². The van der Waals surface area contributed by atoms with Crippen molar-refractivity contribution >= 4 is 17.1 Å². The molecule has 1 heterocycles. The van der Waals surface area contributed by atoms with Crippen LogP contribution in [-0.2, 0) is 0 Å². The first kappa shape index (κ1) is 12.6. The van der Waals surface area contributed by atoms with Crippen LogP contribution in [0.5, 0.6) is 0 Å². The molecule has 0 radical (unpaired) electrons. The standard InChI is InChI=1S/C11H16N4O3/c12-13-8-4-9(6-10(5-8)15(17)18)14-3-1-2-11(16)7-14/h4-6,11,13,16H,1-3,7,12H2. The van der Waals surface area contributed by atoms with Crippen molar-refractivity contribution in [2.75, 3.05) is 23.4 Å². The average Bonchev–Trinajstić information content (AvgIpc) is 2.38. The van der Waals surface area contributed by atoms with E-state index in [0.717, 1.165) is 19.4 Å². The predicted molar refractivity (Wildman–Crippen MR) is 68.4 cm³/mol. The molecule has 7 nitrogen and oxygen atoms in total. The highest BCUT2D eigenvalue weighted by atomic mass is 16.6. The van der Waals surface area contributed by atoms with Crippen molar-refractivity contribution in [2.45, 2.75) is 18.9 Å². The molecule has 1 aliphatic heterocycles. The number of nitro groups is 1. The summed E-state index contributed by atoms with van der Waals surface area (Å²) in [7, 11) is 0. The van der Waals surface area contributed by atoms with Crippen molar-refractivity contribution in [1.29, 1.82) is 0 Å². The van der Waals surface area contributed by atoms with E-state index in [2.05, 4.69) is 5.43 Å². The number of nitrogens with two attached hydrogens (primary N) is 1. The number of β-amino-alcohol motifs (C(OH)–C–C–N with tert-alkyl or cyclic N) is 1. The van der Waals surface area contributed by atoms with E-state index in [9.17, 15) is 15.2 Å². The van der Waals surface area contributed by atoms with Gasteiger partial charge in [-0.1, -0.05) is 0 Å². The van der Waals surface area contributed by atoms with Gasteiger partial charge in [0, 0.05) is 30.9 Å². The van der Waals surface area contributed by atoms with Crippen LogP contribution in [0.4, 0.5) is 17.1 Å². The Morgan fingerprint density at radius 2 is 2.28 bits per heavy atom. The molecule has 0 saturated carbocycles. The molecule has 1 unspecified atom stereocenters. The number of rotatable bonds is 3. The number of hydrogen-bond acceptors (Lipinski definition) is 6. The van der Waals surface area contributed by atoms with E-state index in [1.54, 1.807) is 6.07 Å². The Balaban J connectivity index is 2.31. The van der Waals surface area contributed by atoms with Gasteiger partial charge in [0.25, 0.3) is 5.69 Å². The van der Waals surface area contributed by atoms with Crippen LogP contribution in [0.2, 0.25) is 0 Å². The number of hydrazine groups is 1. The lowest BCUT2D eigenvalue weighted by Crippen LogP contribution is -2.38. The van der Waals surface area contributed by atoms with Crippen LogP contribution in [0.15, 0.2) is 18.2 Å². The van der Waals surface area contributed by atoms with Gasteiger partial charge < -0.3 is 15.4 Å². The maximum Gasteiger partial charge on any atom is 0.273 e. The van der Waals surface area contributed by atoms with Gasteiger partial charge in [0.15, 0.2) is 0 Å². The van der Waals surface area contributed by atoms with Gasteiger partial charge in [-0.15, -0.1) is 0 Å². The molecule has 98 valence electrons. The molecule has 0 bridgehead atoms. The first-order valence-electron chi connectivity index (χ1n) is 5.79. The highest BCUT2D eigenvalue weighted by Gasteiger charge is 2.20. The van der Waals surface area contributed by atoms with Crippen molar-refractivity contribution in [2.24, 2.45) is 5.84 Å². The summed E-state index contributed by atoms with van der Waals surface area (Å²) in [6, 6.07) is 4.62. The zero-order chi connectivity index (χ0) is 13.1. The lowest BCUT2D eigenvalue weighted by atomic mass is 10.1. The van der Waals surface area contributed by atoms with Gasteiger partial charge in [-0.2, -0.15) is 0 Å². The van der Waals surface area contributed by atoms with Crippen LogP contribution in [0.1, 0.15) is 12.8 Å². The van der Waals surface area contributed by atoms with Crippen molar-refractivity contribution in [3.8, 4) is 0 Å². The monoisotopic (exact) mass is 252 g/mol. The van der Waals surface area contributed by atoms with E-state index in [-0.39, 0.29) is 11.8 Å². The summed E-state index contributed by atoms with van der Waals surface area (Å²) in [5.74, 6) is 5.30. The summed E-state index contributed by atoms with van der Waals surface area (Å²) in [6.07, 6.45) is 1.26. The topological polar surface area (TPSA) is 105 Å². The molecule has 1 saturated heterocycles. The highest BCUT2D eigenvalue weighted by Crippen LogP contribution is 2.28. The van der Waals surface area contributed by atoms with Crippen LogP contribution in [0.3, 0.4) is 0 Å². The summed E-state index contributed by atoms with van der Waals surface area (Å²) >= 11 is 0. The Morgan fingerprint density at radius 3 is 2.89 bits per heavy atom. The molecular weight excluding hydrogens is 236 g/mol. The number of anilines is 2. The molecule has 0 spiro atoms. The minimum atomic E-state index is -0.454. The van der Waals surface area contributed by atoms with Gasteiger partial charge in [-0.25, -0.2) is 0 Å². The third-order valence-electron chi connectivity index (χ3n) is 3.04.